The van der Waals surface area contributed by atoms with E-state index in [1.165, 1.54) is 13.1 Å². The van der Waals surface area contributed by atoms with Crippen molar-refractivity contribution in [2.75, 3.05) is 46.4 Å². The molecular formula is C15H24N4O. The maximum absolute atomic E-state index is 5.32. The van der Waals surface area contributed by atoms with Crippen LogP contribution in [0.4, 0.5) is 0 Å². The van der Waals surface area contributed by atoms with Gasteiger partial charge in [-0.15, -0.1) is 0 Å². The van der Waals surface area contributed by atoms with E-state index in [1.807, 2.05) is 13.0 Å². The summed E-state index contributed by atoms with van der Waals surface area (Å²) in [6.07, 6.45) is 0. The van der Waals surface area contributed by atoms with E-state index in [4.69, 9.17) is 4.74 Å². The number of methoxy groups -OCH3 is 1. The molecule has 0 unspecified atom stereocenters. The predicted molar refractivity (Wildman–Crippen MR) is 79.0 cm³/mol. The van der Waals surface area contributed by atoms with Gasteiger partial charge in [0.05, 0.1) is 12.8 Å². The van der Waals surface area contributed by atoms with Crippen molar-refractivity contribution in [2.45, 2.75) is 19.5 Å². The van der Waals surface area contributed by atoms with Crippen LogP contribution in [0.5, 0.6) is 5.75 Å². The standard InChI is InChI=1S/C15H24N4O/c1-12-7-15(20-2)8-13(17-12)11-18-3-5-19(6-4-18)14-9-16-10-14/h7-8,14,16H,3-6,9-11H2,1-2H3. The number of hydrogen-bond acceptors (Lipinski definition) is 5. The molecule has 2 fully saturated rings. The van der Waals surface area contributed by atoms with E-state index in [1.54, 1.807) is 7.11 Å². The van der Waals surface area contributed by atoms with Gasteiger partial charge in [-0.05, 0) is 6.92 Å². The Kier molecular flexibility index (Phi) is 4.19. The third-order valence-corrected chi connectivity index (χ3v) is 4.28. The molecular weight excluding hydrogens is 252 g/mol. The Hall–Kier alpha value is -1.17. The highest BCUT2D eigenvalue weighted by molar-refractivity contribution is 5.26. The van der Waals surface area contributed by atoms with Crippen molar-refractivity contribution in [3.05, 3.63) is 23.5 Å². The molecule has 0 atom stereocenters. The Morgan fingerprint density at radius 1 is 1.25 bits per heavy atom. The number of hydrogen-bond donors (Lipinski definition) is 1. The summed E-state index contributed by atoms with van der Waals surface area (Å²) in [5.74, 6) is 0.909. The van der Waals surface area contributed by atoms with Crippen molar-refractivity contribution in [1.29, 1.82) is 0 Å². The van der Waals surface area contributed by atoms with Crippen LogP contribution < -0.4 is 10.1 Å². The fraction of sp³-hybridized carbons (Fsp3) is 0.667. The first-order valence-corrected chi connectivity index (χ1v) is 7.43. The number of rotatable bonds is 4. The first-order valence-electron chi connectivity index (χ1n) is 7.43. The number of piperazine rings is 1. The van der Waals surface area contributed by atoms with Gasteiger partial charge in [-0.1, -0.05) is 0 Å². The van der Waals surface area contributed by atoms with E-state index in [0.717, 1.165) is 55.9 Å². The van der Waals surface area contributed by atoms with Crippen LogP contribution in [-0.2, 0) is 6.54 Å². The average molecular weight is 276 g/mol. The van der Waals surface area contributed by atoms with Crippen LogP contribution in [0.2, 0.25) is 0 Å². The molecule has 0 radical (unpaired) electrons. The molecule has 3 heterocycles. The summed E-state index contributed by atoms with van der Waals surface area (Å²) in [6.45, 7) is 9.89. The van der Waals surface area contributed by atoms with E-state index >= 15 is 0 Å². The highest BCUT2D eigenvalue weighted by Crippen LogP contribution is 2.16. The first-order chi connectivity index (χ1) is 9.74. The number of nitrogens with one attached hydrogen (secondary N) is 1. The maximum atomic E-state index is 5.32. The smallest absolute Gasteiger partial charge is 0.122 e. The van der Waals surface area contributed by atoms with Crippen LogP contribution in [0.3, 0.4) is 0 Å². The number of pyridine rings is 1. The summed E-state index contributed by atoms with van der Waals surface area (Å²) in [5.41, 5.74) is 2.14. The minimum absolute atomic E-state index is 0.773. The fourth-order valence-corrected chi connectivity index (χ4v) is 2.95. The zero-order valence-corrected chi connectivity index (χ0v) is 12.4. The van der Waals surface area contributed by atoms with Crippen molar-refractivity contribution in [3.63, 3.8) is 0 Å². The van der Waals surface area contributed by atoms with Crippen molar-refractivity contribution >= 4 is 0 Å². The van der Waals surface area contributed by atoms with Gasteiger partial charge in [0, 0.05) is 69.7 Å². The van der Waals surface area contributed by atoms with Crippen molar-refractivity contribution in [3.8, 4) is 5.75 Å². The van der Waals surface area contributed by atoms with Crippen molar-refractivity contribution in [1.82, 2.24) is 20.1 Å². The van der Waals surface area contributed by atoms with Crippen LogP contribution in [0.1, 0.15) is 11.4 Å². The summed E-state index contributed by atoms with van der Waals surface area (Å²) in [7, 11) is 1.71. The monoisotopic (exact) mass is 276 g/mol. The molecule has 0 bridgehead atoms. The Balaban J connectivity index is 1.55. The highest BCUT2D eigenvalue weighted by Gasteiger charge is 2.27. The fourth-order valence-electron chi connectivity index (χ4n) is 2.95. The van der Waals surface area contributed by atoms with Crippen molar-refractivity contribution < 1.29 is 4.74 Å². The van der Waals surface area contributed by atoms with E-state index in [-0.39, 0.29) is 0 Å². The lowest BCUT2D eigenvalue weighted by Gasteiger charge is -2.43. The third-order valence-electron chi connectivity index (χ3n) is 4.28. The van der Waals surface area contributed by atoms with E-state index in [9.17, 15) is 0 Å². The Labute approximate surface area is 120 Å². The largest absolute Gasteiger partial charge is 0.497 e. The average Bonchev–Trinajstić information content (AvgIpc) is 2.38. The molecule has 1 aromatic heterocycles. The molecule has 0 spiro atoms. The van der Waals surface area contributed by atoms with Gasteiger partial charge in [0.15, 0.2) is 0 Å². The van der Waals surface area contributed by atoms with Crippen LogP contribution in [0.15, 0.2) is 12.1 Å². The minimum Gasteiger partial charge on any atom is -0.497 e. The predicted octanol–water partition coefficient (Wildman–Crippen LogP) is 0.488. The molecule has 1 N–H and O–H groups in total. The molecule has 0 aliphatic carbocycles. The quantitative estimate of drug-likeness (QED) is 0.867. The Morgan fingerprint density at radius 2 is 2.00 bits per heavy atom. The zero-order chi connectivity index (χ0) is 13.9. The van der Waals surface area contributed by atoms with Gasteiger partial charge in [-0.25, -0.2) is 0 Å². The maximum Gasteiger partial charge on any atom is 0.122 e. The van der Waals surface area contributed by atoms with Gasteiger partial charge in [-0.3, -0.25) is 14.8 Å². The lowest BCUT2D eigenvalue weighted by molar-refractivity contribution is 0.0690. The zero-order valence-electron chi connectivity index (χ0n) is 12.4. The molecule has 2 aliphatic rings. The van der Waals surface area contributed by atoms with Gasteiger partial charge in [-0.2, -0.15) is 0 Å². The molecule has 2 aliphatic heterocycles. The van der Waals surface area contributed by atoms with Gasteiger partial charge in [0.25, 0.3) is 0 Å². The van der Waals surface area contributed by atoms with Gasteiger partial charge in [0.1, 0.15) is 5.75 Å². The Morgan fingerprint density at radius 3 is 2.60 bits per heavy atom. The summed E-state index contributed by atoms with van der Waals surface area (Å²) >= 11 is 0. The van der Waals surface area contributed by atoms with Gasteiger partial charge < -0.3 is 10.1 Å². The summed E-state index contributed by atoms with van der Waals surface area (Å²) in [4.78, 5) is 9.71. The summed E-state index contributed by atoms with van der Waals surface area (Å²) < 4.78 is 5.32. The van der Waals surface area contributed by atoms with Crippen LogP contribution in [-0.4, -0.2) is 67.2 Å². The summed E-state index contributed by atoms with van der Waals surface area (Å²) in [5, 5.41) is 3.35. The molecule has 5 nitrogen and oxygen atoms in total. The molecule has 5 heteroatoms. The van der Waals surface area contributed by atoms with Crippen LogP contribution >= 0.6 is 0 Å². The van der Waals surface area contributed by atoms with Crippen LogP contribution in [0.25, 0.3) is 0 Å². The number of aromatic nitrogens is 1. The third kappa shape index (κ3) is 3.11. The molecule has 20 heavy (non-hydrogen) atoms. The van der Waals surface area contributed by atoms with Gasteiger partial charge >= 0.3 is 0 Å². The topological polar surface area (TPSA) is 40.6 Å². The van der Waals surface area contributed by atoms with Gasteiger partial charge in [0.2, 0.25) is 0 Å². The lowest BCUT2D eigenvalue weighted by Crippen LogP contribution is -2.61. The molecule has 110 valence electrons. The normalized spacial score (nSPS) is 21.7. The molecule has 0 saturated carbocycles. The van der Waals surface area contributed by atoms with Crippen molar-refractivity contribution in [2.24, 2.45) is 0 Å². The molecule has 1 aromatic rings. The minimum atomic E-state index is 0.773. The second-order valence-electron chi connectivity index (χ2n) is 5.76. The Bertz CT molecular complexity index is 453. The van der Waals surface area contributed by atoms with E-state index in [2.05, 4.69) is 26.2 Å². The number of aryl methyl sites for hydroxylation is 1. The molecule has 0 aromatic carbocycles. The molecule has 3 rings (SSSR count). The number of nitrogens with zero attached hydrogens (tertiary/aromatic N) is 3. The second kappa shape index (κ2) is 6.08. The lowest BCUT2D eigenvalue weighted by atomic mass is 10.1. The SMILES string of the molecule is COc1cc(C)nc(CN2CCN(C3CNC3)CC2)c1. The molecule has 0 amide bonds. The van der Waals surface area contributed by atoms with E-state index < -0.39 is 0 Å². The second-order valence-corrected chi connectivity index (χ2v) is 5.76. The summed E-state index contributed by atoms with van der Waals surface area (Å²) in [6, 6.07) is 4.80. The first kappa shape index (κ1) is 13.8. The number of ether oxygens (including phenoxy) is 1. The van der Waals surface area contributed by atoms with Crippen LogP contribution in [0, 0.1) is 6.92 Å². The highest BCUT2D eigenvalue weighted by atomic mass is 16.5. The van der Waals surface area contributed by atoms with E-state index in [0.29, 0.717) is 0 Å². The molecule has 2 saturated heterocycles.